The summed E-state index contributed by atoms with van der Waals surface area (Å²) in [5.74, 6) is 0. The second-order valence-corrected chi connectivity index (χ2v) is 6.14. The molecule has 0 N–H and O–H groups in total. The lowest BCUT2D eigenvalue weighted by atomic mass is 10.2. The number of thiophene rings is 2. The maximum atomic E-state index is 5.45. The van der Waals surface area contributed by atoms with Crippen molar-refractivity contribution in [3.63, 3.8) is 0 Å². The van der Waals surface area contributed by atoms with E-state index in [0.29, 0.717) is 0 Å². The van der Waals surface area contributed by atoms with Gasteiger partial charge < -0.3 is 9.64 Å². The zero-order chi connectivity index (χ0) is 13.6. The molecule has 0 amide bonds. The van der Waals surface area contributed by atoms with Crippen molar-refractivity contribution in [3.05, 3.63) is 56.9 Å². The highest BCUT2D eigenvalue weighted by Gasteiger charge is 2.14. The Morgan fingerprint density at radius 2 is 1.90 bits per heavy atom. The molecule has 0 spiro atoms. The standard InChI is InChI=1S/C16H17NOS2/c1(2-14-4-10-19-12-14)3-16(15-5-11-20-13-15)17-6-8-18-9-7-17/h1-5,10-13H,6-9H2/b2-1+,16-3+. The molecule has 0 aliphatic carbocycles. The number of allylic oxidation sites excluding steroid dienone is 2. The third-order valence-electron chi connectivity index (χ3n) is 3.25. The van der Waals surface area contributed by atoms with E-state index in [9.17, 15) is 0 Å². The molecule has 3 heterocycles. The Morgan fingerprint density at radius 3 is 2.60 bits per heavy atom. The third kappa shape index (κ3) is 3.39. The summed E-state index contributed by atoms with van der Waals surface area (Å²) in [4.78, 5) is 2.41. The van der Waals surface area contributed by atoms with Crippen molar-refractivity contribution in [2.45, 2.75) is 0 Å². The van der Waals surface area contributed by atoms with Crippen LogP contribution in [-0.2, 0) is 4.74 Å². The van der Waals surface area contributed by atoms with Crippen molar-refractivity contribution in [2.75, 3.05) is 26.3 Å². The van der Waals surface area contributed by atoms with Crippen LogP contribution in [0.4, 0.5) is 0 Å². The average Bonchev–Trinajstić information content (AvgIpc) is 3.18. The first-order valence-electron chi connectivity index (χ1n) is 6.69. The van der Waals surface area contributed by atoms with E-state index < -0.39 is 0 Å². The van der Waals surface area contributed by atoms with Crippen LogP contribution in [0.1, 0.15) is 11.1 Å². The SMILES string of the molecule is C(=C\c1ccsc1)/C=C(\c1ccsc1)N1CCOCC1. The molecule has 0 unspecified atom stereocenters. The molecular formula is C16H17NOS2. The molecule has 3 rings (SSSR count). The molecule has 104 valence electrons. The van der Waals surface area contributed by atoms with Gasteiger partial charge in [0.25, 0.3) is 0 Å². The zero-order valence-electron chi connectivity index (χ0n) is 11.2. The first-order chi connectivity index (χ1) is 9.93. The molecule has 1 aliphatic heterocycles. The molecule has 2 aromatic rings. The summed E-state index contributed by atoms with van der Waals surface area (Å²) >= 11 is 3.47. The van der Waals surface area contributed by atoms with Gasteiger partial charge >= 0.3 is 0 Å². The molecule has 0 bridgehead atoms. The van der Waals surface area contributed by atoms with Crippen LogP contribution in [0, 0.1) is 0 Å². The molecule has 2 aromatic heterocycles. The first kappa shape index (κ1) is 13.6. The lowest BCUT2D eigenvalue weighted by molar-refractivity contribution is 0.0640. The van der Waals surface area contributed by atoms with Gasteiger partial charge in [-0.2, -0.15) is 22.7 Å². The van der Waals surface area contributed by atoms with Gasteiger partial charge in [0.2, 0.25) is 0 Å². The minimum Gasteiger partial charge on any atom is -0.378 e. The Balaban J connectivity index is 1.81. The number of nitrogens with zero attached hydrogens (tertiary/aromatic N) is 1. The number of morpholine rings is 1. The van der Waals surface area contributed by atoms with E-state index in [1.165, 1.54) is 16.8 Å². The van der Waals surface area contributed by atoms with Crippen LogP contribution >= 0.6 is 22.7 Å². The highest BCUT2D eigenvalue weighted by atomic mass is 32.1. The fourth-order valence-electron chi connectivity index (χ4n) is 2.22. The lowest BCUT2D eigenvalue weighted by Crippen LogP contribution is -2.34. The minimum absolute atomic E-state index is 0.815. The van der Waals surface area contributed by atoms with Gasteiger partial charge in [0.1, 0.15) is 0 Å². The van der Waals surface area contributed by atoms with Crippen LogP contribution in [-0.4, -0.2) is 31.2 Å². The predicted octanol–water partition coefficient (Wildman–Crippen LogP) is 4.20. The van der Waals surface area contributed by atoms with Crippen LogP contribution in [0.5, 0.6) is 0 Å². The number of hydrogen-bond acceptors (Lipinski definition) is 4. The Labute approximate surface area is 127 Å². The van der Waals surface area contributed by atoms with Gasteiger partial charge in [-0.15, -0.1) is 0 Å². The van der Waals surface area contributed by atoms with E-state index in [1.807, 2.05) is 0 Å². The van der Waals surface area contributed by atoms with Gasteiger partial charge in [0, 0.05) is 29.7 Å². The average molecular weight is 303 g/mol. The van der Waals surface area contributed by atoms with Gasteiger partial charge in [-0.3, -0.25) is 0 Å². The second kappa shape index (κ2) is 6.88. The molecule has 0 saturated carbocycles. The molecular weight excluding hydrogens is 286 g/mol. The summed E-state index contributed by atoms with van der Waals surface area (Å²) in [6, 6.07) is 4.32. The van der Waals surface area contributed by atoms with Gasteiger partial charge in [0.05, 0.1) is 13.2 Å². The smallest absolute Gasteiger partial charge is 0.0642 e. The van der Waals surface area contributed by atoms with Crippen molar-refractivity contribution in [1.29, 1.82) is 0 Å². The van der Waals surface area contributed by atoms with Crippen LogP contribution in [0.3, 0.4) is 0 Å². The fourth-order valence-corrected chi connectivity index (χ4v) is 3.50. The highest BCUT2D eigenvalue weighted by Crippen LogP contribution is 2.23. The van der Waals surface area contributed by atoms with Gasteiger partial charge in [-0.25, -0.2) is 0 Å². The van der Waals surface area contributed by atoms with Gasteiger partial charge in [0.15, 0.2) is 0 Å². The quantitative estimate of drug-likeness (QED) is 0.785. The molecule has 0 radical (unpaired) electrons. The largest absolute Gasteiger partial charge is 0.378 e. The zero-order valence-corrected chi connectivity index (χ0v) is 12.8. The number of ether oxygens (including phenoxy) is 1. The molecule has 1 aliphatic rings. The molecule has 1 saturated heterocycles. The number of hydrogen-bond donors (Lipinski definition) is 0. The second-order valence-electron chi connectivity index (χ2n) is 4.58. The fraction of sp³-hybridized carbons (Fsp3) is 0.250. The molecule has 20 heavy (non-hydrogen) atoms. The van der Waals surface area contributed by atoms with Crippen LogP contribution in [0.15, 0.2) is 45.8 Å². The maximum absolute atomic E-state index is 5.45. The summed E-state index contributed by atoms with van der Waals surface area (Å²) in [6.07, 6.45) is 6.51. The molecule has 1 fully saturated rings. The van der Waals surface area contributed by atoms with Crippen molar-refractivity contribution in [1.82, 2.24) is 4.90 Å². The van der Waals surface area contributed by atoms with Crippen LogP contribution in [0.2, 0.25) is 0 Å². The summed E-state index contributed by atoms with van der Waals surface area (Å²) < 4.78 is 5.45. The first-order valence-corrected chi connectivity index (χ1v) is 8.58. The van der Waals surface area contributed by atoms with Crippen LogP contribution in [0.25, 0.3) is 11.8 Å². The summed E-state index contributed by atoms with van der Waals surface area (Å²) in [5, 5.41) is 8.60. The summed E-state index contributed by atoms with van der Waals surface area (Å²) in [6.45, 7) is 3.56. The highest BCUT2D eigenvalue weighted by molar-refractivity contribution is 7.08. The third-order valence-corrected chi connectivity index (χ3v) is 4.64. The Bertz CT molecular complexity index is 564. The van der Waals surface area contributed by atoms with E-state index in [0.717, 1.165) is 26.3 Å². The normalized spacial score (nSPS) is 17.0. The Kier molecular flexibility index (Phi) is 4.69. The van der Waals surface area contributed by atoms with E-state index in [1.54, 1.807) is 22.7 Å². The Hall–Kier alpha value is -1.36. The van der Waals surface area contributed by atoms with E-state index in [4.69, 9.17) is 4.74 Å². The monoisotopic (exact) mass is 303 g/mol. The van der Waals surface area contributed by atoms with Crippen molar-refractivity contribution < 1.29 is 4.74 Å². The van der Waals surface area contributed by atoms with Crippen molar-refractivity contribution >= 4 is 34.4 Å². The van der Waals surface area contributed by atoms with Crippen molar-refractivity contribution in [2.24, 2.45) is 0 Å². The van der Waals surface area contributed by atoms with Crippen LogP contribution < -0.4 is 0 Å². The molecule has 0 aromatic carbocycles. The lowest BCUT2D eigenvalue weighted by Gasteiger charge is -2.30. The topological polar surface area (TPSA) is 12.5 Å². The molecule has 0 atom stereocenters. The summed E-state index contributed by atoms with van der Waals surface area (Å²) in [5.41, 5.74) is 3.85. The van der Waals surface area contributed by atoms with E-state index in [-0.39, 0.29) is 0 Å². The summed E-state index contributed by atoms with van der Waals surface area (Å²) in [7, 11) is 0. The molecule has 2 nitrogen and oxygen atoms in total. The van der Waals surface area contributed by atoms with Gasteiger partial charge in [-0.05, 0) is 39.9 Å². The van der Waals surface area contributed by atoms with Gasteiger partial charge in [-0.1, -0.05) is 12.2 Å². The predicted molar refractivity (Wildman–Crippen MR) is 88.0 cm³/mol. The van der Waals surface area contributed by atoms with E-state index >= 15 is 0 Å². The maximum Gasteiger partial charge on any atom is 0.0642 e. The van der Waals surface area contributed by atoms with E-state index in [2.05, 4.69) is 56.8 Å². The Morgan fingerprint density at radius 1 is 1.10 bits per heavy atom. The minimum atomic E-state index is 0.815. The van der Waals surface area contributed by atoms with Crippen molar-refractivity contribution in [3.8, 4) is 0 Å². The number of rotatable bonds is 4. The molecule has 4 heteroatoms.